The molecule has 1 aliphatic rings. The molecule has 1 heterocycles. The SMILES string of the molecule is Cc1ncsc1C(=O)N(C(C)CS(C)(=O)=O)C1CC1. The number of nitrogens with zero attached hydrogens (tertiary/aromatic N) is 2. The molecule has 1 atom stereocenters. The van der Waals surface area contributed by atoms with Crippen LogP contribution >= 0.6 is 11.3 Å². The van der Waals surface area contributed by atoms with Crippen LogP contribution < -0.4 is 0 Å². The molecule has 0 aliphatic heterocycles. The second-order valence-corrected chi connectivity index (χ2v) is 8.19. The molecule has 0 N–H and O–H groups in total. The Morgan fingerprint density at radius 3 is 2.63 bits per heavy atom. The van der Waals surface area contributed by atoms with E-state index in [1.807, 2.05) is 0 Å². The minimum absolute atomic E-state index is 0.00704. The number of carbonyl (C=O) groups excluding carboxylic acids is 1. The van der Waals surface area contributed by atoms with Crippen molar-refractivity contribution in [1.29, 1.82) is 0 Å². The van der Waals surface area contributed by atoms with E-state index < -0.39 is 9.84 Å². The number of hydrogen-bond acceptors (Lipinski definition) is 5. The highest BCUT2D eigenvalue weighted by atomic mass is 32.2. The highest BCUT2D eigenvalue weighted by molar-refractivity contribution is 7.90. The van der Waals surface area contributed by atoms with E-state index in [0.29, 0.717) is 10.6 Å². The van der Waals surface area contributed by atoms with Crippen molar-refractivity contribution in [2.75, 3.05) is 12.0 Å². The maximum Gasteiger partial charge on any atom is 0.266 e. The molecule has 19 heavy (non-hydrogen) atoms. The van der Waals surface area contributed by atoms with Gasteiger partial charge in [-0.25, -0.2) is 13.4 Å². The van der Waals surface area contributed by atoms with E-state index in [9.17, 15) is 13.2 Å². The number of amides is 1. The molecule has 0 saturated heterocycles. The van der Waals surface area contributed by atoms with Gasteiger partial charge in [-0.05, 0) is 26.7 Å². The number of rotatable bonds is 5. The van der Waals surface area contributed by atoms with E-state index in [1.54, 1.807) is 24.3 Å². The van der Waals surface area contributed by atoms with Gasteiger partial charge in [-0.1, -0.05) is 0 Å². The summed E-state index contributed by atoms with van der Waals surface area (Å²) in [5.41, 5.74) is 2.36. The lowest BCUT2D eigenvalue weighted by molar-refractivity contribution is 0.0697. The zero-order valence-electron chi connectivity index (χ0n) is 11.3. The second kappa shape index (κ2) is 5.20. The molecule has 1 aromatic heterocycles. The van der Waals surface area contributed by atoms with E-state index in [1.165, 1.54) is 17.6 Å². The lowest BCUT2D eigenvalue weighted by Gasteiger charge is -2.28. The first-order chi connectivity index (χ1) is 8.79. The van der Waals surface area contributed by atoms with Gasteiger partial charge in [0.25, 0.3) is 5.91 Å². The molecule has 1 amide bonds. The van der Waals surface area contributed by atoms with Gasteiger partial charge in [0.15, 0.2) is 0 Å². The molecule has 1 aliphatic carbocycles. The first kappa shape index (κ1) is 14.5. The molecule has 0 spiro atoms. The van der Waals surface area contributed by atoms with Gasteiger partial charge in [-0.15, -0.1) is 11.3 Å². The Kier molecular flexibility index (Phi) is 3.96. The minimum atomic E-state index is -3.09. The summed E-state index contributed by atoms with van der Waals surface area (Å²) in [6, 6.07) is -0.109. The number of aromatic nitrogens is 1. The van der Waals surface area contributed by atoms with Gasteiger partial charge in [0.05, 0.1) is 17.0 Å². The smallest absolute Gasteiger partial charge is 0.266 e. The standard InChI is InChI=1S/C12H18N2O3S2/c1-8(6-19(3,16)17)14(10-4-5-10)12(15)11-9(2)13-7-18-11/h7-8,10H,4-6H2,1-3H3. The van der Waals surface area contributed by atoms with Gasteiger partial charge in [-0.3, -0.25) is 4.79 Å². The molecule has 106 valence electrons. The molecule has 0 bridgehead atoms. The maximum absolute atomic E-state index is 12.5. The number of hydrogen-bond donors (Lipinski definition) is 0. The van der Waals surface area contributed by atoms with Crippen LogP contribution in [-0.2, 0) is 9.84 Å². The molecule has 7 heteroatoms. The van der Waals surface area contributed by atoms with Crippen LogP contribution in [0.15, 0.2) is 5.51 Å². The van der Waals surface area contributed by atoms with Crippen LogP contribution in [0.3, 0.4) is 0 Å². The quantitative estimate of drug-likeness (QED) is 0.826. The van der Waals surface area contributed by atoms with Gasteiger partial charge in [-0.2, -0.15) is 0 Å². The summed E-state index contributed by atoms with van der Waals surface area (Å²) in [4.78, 5) is 19.0. The van der Waals surface area contributed by atoms with Crippen molar-refractivity contribution in [2.24, 2.45) is 0 Å². The Balaban J connectivity index is 2.21. The maximum atomic E-state index is 12.5. The molecule has 5 nitrogen and oxygen atoms in total. The monoisotopic (exact) mass is 302 g/mol. The molecule has 1 saturated carbocycles. The molecule has 1 fully saturated rings. The summed E-state index contributed by atoms with van der Waals surface area (Å²) >= 11 is 1.31. The molecule has 1 aromatic rings. The third-order valence-electron chi connectivity index (χ3n) is 3.13. The van der Waals surface area contributed by atoms with Gasteiger partial charge >= 0.3 is 0 Å². The fourth-order valence-corrected chi connectivity index (χ4v) is 4.00. The van der Waals surface area contributed by atoms with E-state index in [2.05, 4.69) is 4.98 Å². The van der Waals surface area contributed by atoms with Crippen molar-refractivity contribution >= 4 is 27.1 Å². The highest BCUT2D eigenvalue weighted by Gasteiger charge is 2.38. The van der Waals surface area contributed by atoms with E-state index in [-0.39, 0.29) is 23.7 Å². The van der Waals surface area contributed by atoms with Crippen LogP contribution in [0.25, 0.3) is 0 Å². The van der Waals surface area contributed by atoms with Crippen LogP contribution in [-0.4, -0.2) is 48.3 Å². The summed E-state index contributed by atoms with van der Waals surface area (Å²) in [6.07, 6.45) is 3.12. The predicted octanol–water partition coefficient (Wildman–Crippen LogP) is 1.49. The Bertz CT molecular complexity index is 576. The molecular formula is C12H18N2O3S2. The summed E-state index contributed by atoms with van der Waals surface area (Å²) in [5.74, 6) is -0.0775. The molecule has 0 aromatic carbocycles. The lowest BCUT2D eigenvalue weighted by Crippen LogP contribution is -2.43. The van der Waals surface area contributed by atoms with Crippen LogP contribution in [0.1, 0.15) is 35.1 Å². The van der Waals surface area contributed by atoms with Crippen molar-refractivity contribution in [3.05, 3.63) is 16.1 Å². The van der Waals surface area contributed by atoms with Gasteiger partial charge in [0.1, 0.15) is 14.7 Å². The van der Waals surface area contributed by atoms with Crippen LogP contribution in [0.5, 0.6) is 0 Å². The van der Waals surface area contributed by atoms with Crippen molar-refractivity contribution in [3.8, 4) is 0 Å². The summed E-state index contributed by atoms with van der Waals surface area (Å²) in [5, 5.41) is 0. The minimum Gasteiger partial charge on any atom is -0.331 e. The first-order valence-corrected chi connectivity index (χ1v) is 9.14. The van der Waals surface area contributed by atoms with E-state index >= 15 is 0 Å². The zero-order valence-corrected chi connectivity index (χ0v) is 12.9. The highest BCUT2D eigenvalue weighted by Crippen LogP contribution is 2.31. The number of thiazole rings is 1. The molecule has 0 radical (unpaired) electrons. The zero-order chi connectivity index (χ0) is 14.2. The molecule has 1 unspecified atom stereocenters. The number of aryl methyl sites for hydroxylation is 1. The third kappa shape index (κ3) is 3.54. The van der Waals surface area contributed by atoms with Crippen LogP contribution in [0.2, 0.25) is 0 Å². The average molecular weight is 302 g/mol. The third-order valence-corrected chi connectivity index (χ3v) is 5.14. The lowest BCUT2D eigenvalue weighted by atomic mass is 10.2. The largest absolute Gasteiger partial charge is 0.331 e. The topological polar surface area (TPSA) is 67.3 Å². The van der Waals surface area contributed by atoms with Crippen LogP contribution in [0, 0.1) is 6.92 Å². The molecular weight excluding hydrogens is 284 g/mol. The number of sulfone groups is 1. The summed E-state index contributed by atoms with van der Waals surface area (Å²) in [7, 11) is -3.09. The van der Waals surface area contributed by atoms with Gasteiger partial charge in [0.2, 0.25) is 0 Å². The fourth-order valence-electron chi connectivity index (χ4n) is 2.22. The Labute approximate surface area is 117 Å². The summed E-state index contributed by atoms with van der Waals surface area (Å²) in [6.45, 7) is 3.60. The molecule has 2 rings (SSSR count). The van der Waals surface area contributed by atoms with Crippen molar-refractivity contribution in [3.63, 3.8) is 0 Å². The first-order valence-electron chi connectivity index (χ1n) is 6.20. The van der Waals surface area contributed by atoms with Crippen molar-refractivity contribution in [2.45, 2.75) is 38.8 Å². The van der Waals surface area contributed by atoms with E-state index in [0.717, 1.165) is 12.8 Å². The van der Waals surface area contributed by atoms with E-state index in [4.69, 9.17) is 0 Å². The average Bonchev–Trinajstić information content (AvgIpc) is 2.97. The van der Waals surface area contributed by atoms with Gasteiger partial charge < -0.3 is 4.90 Å². The predicted molar refractivity (Wildman–Crippen MR) is 75.2 cm³/mol. The second-order valence-electron chi connectivity index (χ2n) is 5.15. The van der Waals surface area contributed by atoms with Crippen molar-refractivity contribution in [1.82, 2.24) is 9.88 Å². The van der Waals surface area contributed by atoms with Crippen LogP contribution in [0.4, 0.5) is 0 Å². The normalized spacial score (nSPS) is 17.2. The summed E-state index contributed by atoms with van der Waals surface area (Å²) < 4.78 is 22.8. The van der Waals surface area contributed by atoms with Gasteiger partial charge in [0, 0.05) is 18.3 Å². The fraction of sp³-hybridized carbons (Fsp3) is 0.667. The number of carbonyl (C=O) groups is 1. The Hall–Kier alpha value is -0.950. The Morgan fingerprint density at radius 2 is 2.21 bits per heavy atom. The Morgan fingerprint density at radius 1 is 1.58 bits per heavy atom. The van der Waals surface area contributed by atoms with Crippen molar-refractivity contribution < 1.29 is 13.2 Å².